The summed E-state index contributed by atoms with van der Waals surface area (Å²) in [6, 6.07) is 55.8. The number of anilines is 3. The molecule has 220 valence electrons. The van der Waals surface area contributed by atoms with Crippen molar-refractivity contribution in [1.82, 2.24) is 0 Å². The Kier molecular flexibility index (Phi) is 5.84. The number of nitrogens with zero attached hydrogens (tertiary/aromatic N) is 1. The SMILES string of the molecule is c1ccc(N(c2ccc(-c3cc4c5c(c3)Oc3ccccc3B5c3ccccc3O4)cc2)c2cccc3c2sc2ccccc23)cc1. The van der Waals surface area contributed by atoms with Gasteiger partial charge in [-0.25, -0.2) is 0 Å². The van der Waals surface area contributed by atoms with Crippen LogP contribution in [0.2, 0.25) is 0 Å². The van der Waals surface area contributed by atoms with Crippen molar-refractivity contribution in [2.75, 3.05) is 4.90 Å². The highest BCUT2D eigenvalue weighted by Gasteiger charge is 2.40. The third kappa shape index (κ3) is 4.13. The van der Waals surface area contributed by atoms with Crippen LogP contribution >= 0.6 is 11.3 Å². The molecule has 47 heavy (non-hydrogen) atoms. The molecule has 7 aromatic carbocycles. The summed E-state index contributed by atoms with van der Waals surface area (Å²) in [4.78, 5) is 2.36. The van der Waals surface area contributed by atoms with Crippen molar-refractivity contribution in [2.45, 2.75) is 0 Å². The van der Waals surface area contributed by atoms with Crippen LogP contribution in [0.3, 0.4) is 0 Å². The Labute approximate surface area is 277 Å². The van der Waals surface area contributed by atoms with Gasteiger partial charge >= 0.3 is 0 Å². The summed E-state index contributed by atoms with van der Waals surface area (Å²) in [7, 11) is 0. The van der Waals surface area contributed by atoms with Gasteiger partial charge in [-0.05, 0) is 82.7 Å². The fourth-order valence-corrected chi connectivity index (χ4v) is 8.48. The molecule has 0 unspecified atom stereocenters. The molecule has 5 heteroatoms. The molecular weight excluding hydrogens is 593 g/mol. The molecule has 0 atom stereocenters. The maximum absolute atomic E-state index is 6.56. The number of hydrogen-bond donors (Lipinski definition) is 0. The molecule has 0 amide bonds. The molecule has 0 aliphatic carbocycles. The Hall–Kier alpha value is -5.78. The van der Waals surface area contributed by atoms with Crippen molar-refractivity contribution in [3.8, 4) is 34.1 Å². The van der Waals surface area contributed by atoms with Crippen LogP contribution in [0.4, 0.5) is 17.1 Å². The molecule has 8 aromatic rings. The molecule has 2 aliphatic rings. The van der Waals surface area contributed by atoms with Crippen molar-refractivity contribution in [3.63, 3.8) is 0 Å². The Balaban J connectivity index is 1.09. The number of ether oxygens (including phenoxy) is 2. The predicted octanol–water partition coefficient (Wildman–Crippen LogP) is 9.92. The van der Waals surface area contributed by atoms with E-state index in [9.17, 15) is 0 Å². The molecule has 0 radical (unpaired) electrons. The maximum Gasteiger partial charge on any atom is 0.260 e. The standard InChI is InChI=1S/C42H26BNO2S/c1-2-11-29(12-3-1)44(35-17-10-14-32-31-13-4-9-20-40(31)47-42(32)35)30-23-21-27(22-24-30)28-25-38-41-39(26-28)46-37-19-8-6-16-34(37)43(41)33-15-5-7-18-36(33)45-38/h1-26H. The van der Waals surface area contributed by atoms with Gasteiger partial charge in [-0.1, -0.05) is 97.1 Å². The molecule has 0 fully saturated rings. The molecule has 0 spiro atoms. The second-order valence-corrected chi connectivity index (χ2v) is 13.1. The largest absolute Gasteiger partial charge is 0.458 e. The van der Waals surface area contributed by atoms with Crippen molar-refractivity contribution in [1.29, 1.82) is 0 Å². The Morgan fingerprint density at radius 2 is 1.06 bits per heavy atom. The highest BCUT2D eigenvalue weighted by atomic mass is 32.1. The summed E-state index contributed by atoms with van der Waals surface area (Å²) in [6.07, 6.45) is 0. The molecule has 0 saturated heterocycles. The zero-order valence-electron chi connectivity index (χ0n) is 25.3. The lowest BCUT2D eigenvalue weighted by Gasteiger charge is -2.33. The van der Waals surface area contributed by atoms with Crippen LogP contribution in [-0.4, -0.2) is 6.71 Å². The second-order valence-electron chi connectivity index (χ2n) is 12.1. The predicted molar refractivity (Wildman–Crippen MR) is 197 cm³/mol. The maximum atomic E-state index is 6.56. The molecule has 3 heterocycles. The zero-order chi connectivity index (χ0) is 30.9. The molecule has 3 nitrogen and oxygen atoms in total. The van der Waals surface area contributed by atoms with E-state index in [-0.39, 0.29) is 6.71 Å². The van der Waals surface area contributed by atoms with Crippen molar-refractivity contribution in [2.24, 2.45) is 0 Å². The summed E-state index contributed by atoms with van der Waals surface area (Å²) in [5, 5.41) is 2.58. The first-order chi connectivity index (χ1) is 23.3. The average Bonchev–Trinajstić information content (AvgIpc) is 3.52. The van der Waals surface area contributed by atoms with E-state index in [4.69, 9.17) is 9.47 Å². The van der Waals surface area contributed by atoms with Gasteiger partial charge in [0.05, 0.1) is 10.4 Å². The van der Waals surface area contributed by atoms with Crippen LogP contribution < -0.4 is 30.8 Å². The van der Waals surface area contributed by atoms with Gasteiger partial charge in [-0.2, -0.15) is 0 Å². The molecule has 10 rings (SSSR count). The van der Waals surface area contributed by atoms with Crippen molar-refractivity contribution >= 4 is 71.7 Å². The van der Waals surface area contributed by atoms with Crippen LogP contribution in [-0.2, 0) is 0 Å². The Morgan fingerprint density at radius 1 is 0.468 bits per heavy atom. The first kappa shape index (κ1) is 26.4. The number of fused-ring (bicyclic) bond motifs is 7. The van der Waals surface area contributed by atoms with E-state index >= 15 is 0 Å². The minimum absolute atomic E-state index is 0.0716. The molecule has 0 bridgehead atoms. The monoisotopic (exact) mass is 619 g/mol. The van der Waals surface area contributed by atoms with Crippen LogP contribution in [0.1, 0.15) is 0 Å². The molecular formula is C42H26BNO2S. The third-order valence-electron chi connectivity index (χ3n) is 9.39. The molecule has 2 aliphatic heterocycles. The van der Waals surface area contributed by atoms with E-state index in [0.717, 1.165) is 51.0 Å². The van der Waals surface area contributed by atoms with Gasteiger partial charge in [0.1, 0.15) is 23.0 Å². The number of benzene rings is 7. The second kappa shape index (κ2) is 10.4. The summed E-state index contributed by atoms with van der Waals surface area (Å²) in [5.74, 6) is 3.49. The first-order valence-electron chi connectivity index (χ1n) is 15.9. The minimum atomic E-state index is 0.0716. The lowest BCUT2D eigenvalue weighted by molar-refractivity contribution is 0.465. The van der Waals surface area contributed by atoms with E-state index in [1.807, 2.05) is 23.5 Å². The summed E-state index contributed by atoms with van der Waals surface area (Å²) < 4.78 is 15.7. The number of rotatable bonds is 4. The van der Waals surface area contributed by atoms with E-state index < -0.39 is 0 Å². The summed E-state index contributed by atoms with van der Waals surface area (Å²) in [5.41, 5.74) is 8.98. The van der Waals surface area contributed by atoms with Crippen molar-refractivity contribution < 1.29 is 9.47 Å². The molecule has 0 saturated carbocycles. The molecule has 1 aromatic heterocycles. The Bertz CT molecular complexity index is 2420. The third-order valence-corrected chi connectivity index (χ3v) is 10.6. The highest BCUT2D eigenvalue weighted by Crippen LogP contribution is 2.45. The summed E-state index contributed by atoms with van der Waals surface area (Å²) in [6.45, 7) is 0.0716. The van der Waals surface area contributed by atoms with E-state index in [2.05, 4.69) is 150 Å². The van der Waals surface area contributed by atoms with Gasteiger partial charge in [-0.3, -0.25) is 0 Å². The lowest BCUT2D eigenvalue weighted by Crippen LogP contribution is -2.57. The van der Waals surface area contributed by atoms with Gasteiger partial charge in [0, 0.05) is 32.3 Å². The first-order valence-corrected chi connectivity index (χ1v) is 16.7. The van der Waals surface area contributed by atoms with Crippen LogP contribution in [0, 0.1) is 0 Å². The molecule has 0 N–H and O–H groups in total. The van der Waals surface area contributed by atoms with Gasteiger partial charge in [-0.15, -0.1) is 11.3 Å². The van der Waals surface area contributed by atoms with Crippen LogP contribution in [0.15, 0.2) is 158 Å². The number of thiophene rings is 1. The van der Waals surface area contributed by atoms with Crippen LogP contribution in [0.5, 0.6) is 23.0 Å². The van der Waals surface area contributed by atoms with Gasteiger partial charge in [0.2, 0.25) is 0 Å². The van der Waals surface area contributed by atoms with Gasteiger partial charge in [0.15, 0.2) is 0 Å². The average molecular weight is 620 g/mol. The quantitative estimate of drug-likeness (QED) is 0.183. The van der Waals surface area contributed by atoms with Crippen molar-refractivity contribution in [3.05, 3.63) is 158 Å². The Morgan fingerprint density at radius 3 is 1.79 bits per heavy atom. The van der Waals surface area contributed by atoms with Gasteiger partial charge < -0.3 is 14.4 Å². The smallest absolute Gasteiger partial charge is 0.260 e. The highest BCUT2D eigenvalue weighted by molar-refractivity contribution is 7.26. The van der Waals surface area contributed by atoms with E-state index in [0.29, 0.717) is 0 Å². The normalized spacial score (nSPS) is 12.6. The van der Waals surface area contributed by atoms with E-state index in [1.54, 1.807) is 0 Å². The summed E-state index contributed by atoms with van der Waals surface area (Å²) >= 11 is 1.85. The minimum Gasteiger partial charge on any atom is -0.458 e. The number of hydrogen-bond acceptors (Lipinski definition) is 4. The van der Waals surface area contributed by atoms with E-state index in [1.165, 1.54) is 36.8 Å². The topological polar surface area (TPSA) is 21.7 Å². The number of para-hydroxylation sites is 3. The van der Waals surface area contributed by atoms with Gasteiger partial charge in [0.25, 0.3) is 6.71 Å². The fourth-order valence-electron chi connectivity index (χ4n) is 7.28. The lowest BCUT2D eigenvalue weighted by atomic mass is 9.35. The fraction of sp³-hybridized carbons (Fsp3) is 0. The zero-order valence-corrected chi connectivity index (χ0v) is 26.1. The van der Waals surface area contributed by atoms with Crippen LogP contribution in [0.25, 0.3) is 31.3 Å².